The summed E-state index contributed by atoms with van der Waals surface area (Å²) < 4.78 is 6.42. The minimum atomic E-state index is 0.757. The maximum absolute atomic E-state index is 5.16. The fraction of sp³-hybridized carbons (Fsp3) is 0.444. The van der Waals surface area contributed by atoms with E-state index >= 15 is 0 Å². The van der Waals surface area contributed by atoms with Crippen molar-refractivity contribution in [3.05, 3.63) is 20.9 Å². The third kappa shape index (κ3) is 1.71. The molecular weight excluding hydrogens is 265 g/mol. The van der Waals surface area contributed by atoms with Crippen molar-refractivity contribution in [3.63, 3.8) is 0 Å². The van der Waals surface area contributed by atoms with E-state index < -0.39 is 0 Å². The molecule has 0 amide bonds. The number of aromatic nitrogens is 1. The molecule has 0 aliphatic rings. The Morgan fingerprint density at radius 3 is 2.75 bits per heavy atom. The summed E-state index contributed by atoms with van der Waals surface area (Å²) in [5.74, 6) is 0.757. The highest BCUT2D eigenvalue weighted by atomic mass is 127. The molecule has 0 fully saturated rings. The van der Waals surface area contributed by atoms with Gasteiger partial charge in [0.15, 0.2) is 0 Å². The Bertz CT molecular complexity index is 286. The molecular formula is C9H12INO. The van der Waals surface area contributed by atoms with Crippen molar-refractivity contribution in [2.75, 3.05) is 7.11 Å². The largest absolute Gasteiger partial charge is 0.481 e. The van der Waals surface area contributed by atoms with Crippen LogP contribution in [0.5, 0.6) is 5.88 Å². The summed E-state index contributed by atoms with van der Waals surface area (Å²) in [5, 5.41) is 0. The minimum absolute atomic E-state index is 0.757. The fourth-order valence-corrected chi connectivity index (χ4v) is 1.86. The van der Waals surface area contributed by atoms with Crippen molar-refractivity contribution in [2.45, 2.75) is 20.3 Å². The first-order chi connectivity index (χ1) is 5.70. The number of pyridine rings is 1. The van der Waals surface area contributed by atoms with E-state index in [1.807, 2.05) is 6.20 Å². The van der Waals surface area contributed by atoms with Crippen LogP contribution in [0.15, 0.2) is 6.20 Å². The first kappa shape index (κ1) is 9.77. The predicted molar refractivity (Wildman–Crippen MR) is 57.6 cm³/mol. The standard InChI is InChI=1S/C9H12INO/c1-4-7-8(10)6(2)5-11-9(7)12-3/h5H,4H2,1-3H3. The molecule has 1 heterocycles. The van der Waals surface area contributed by atoms with Gasteiger partial charge in [0, 0.05) is 15.3 Å². The Balaban J connectivity index is 3.25. The molecule has 0 unspecified atom stereocenters. The minimum Gasteiger partial charge on any atom is -0.481 e. The SMILES string of the molecule is CCc1c(OC)ncc(C)c1I. The number of methoxy groups -OCH3 is 1. The average molecular weight is 277 g/mol. The van der Waals surface area contributed by atoms with Gasteiger partial charge < -0.3 is 4.74 Å². The molecule has 66 valence electrons. The molecule has 3 heteroatoms. The third-order valence-electron chi connectivity index (χ3n) is 1.79. The summed E-state index contributed by atoms with van der Waals surface area (Å²) in [6, 6.07) is 0. The highest BCUT2D eigenvalue weighted by Gasteiger charge is 2.08. The van der Waals surface area contributed by atoms with Crippen LogP contribution in [0.2, 0.25) is 0 Å². The molecule has 1 aromatic heterocycles. The lowest BCUT2D eigenvalue weighted by molar-refractivity contribution is 0.392. The molecule has 0 aliphatic heterocycles. The first-order valence-corrected chi connectivity index (χ1v) is 4.96. The quantitative estimate of drug-likeness (QED) is 0.775. The number of hydrogen-bond acceptors (Lipinski definition) is 2. The van der Waals surface area contributed by atoms with E-state index in [-0.39, 0.29) is 0 Å². The monoisotopic (exact) mass is 277 g/mol. The van der Waals surface area contributed by atoms with Gasteiger partial charge in [-0.1, -0.05) is 6.92 Å². The maximum atomic E-state index is 5.16. The van der Waals surface area contributed by atoms with Crippen LogP contribution in [-0.2, 0) is 6.42 Å². The average Bonchev–Trinajstić information content (AvgIpc) is 2.09. The van der Waals surface area contributed by atoms with Crippen LogP contribution in [0.25, 0.3) is 0 Å². The molecule has 0 atom stereocenters. The van der Waals surface area contributed by atoms with Crippen molar-refractivity contribution in [2.24, 2.45) is 0 Å². The zero-order valence-electron chi connectivity index (χ0n) is 7.52. The molecule has 0 bridgehead atoms. The topological polar surface area (TPSA) is 22.1 Å². The van der Waals surface area contributed by atoms with Crippen molar-refractivity contribution < 1.29 is 4.74 Å². The van der Waals surface area contributed by atoms with Gasteiger partial charge in [0.1, 0.15) is 0 Å². The Kier molecular flexibility index (Phi) is 3.31. The maximum Gasteiger partial charge on any atom is 0.217 e. The number of halogens is 1. The zero-order valence-corrected chi connectivity index (χ0v) is 9.68. The van der Waals surface area contributed by atoms with Gasteiger partial charge in [0.2, 0.25) is 5.88 Å². The molecule has 0 aromatic carbocycles. The first-order valence-electron chi connectivity index (χ1n) is 3.88. The summed E-state index contributed by atoms with van der Waals surface area (Å²) in [7, 11) is 1.66. The summed E-state index contributed by atoms with van der Waals surface area (Å²) in [4.78, 5) is 4.20. The second-order valence-corrected chi connectivity index (χ2v) is 3.68. The third-order valence-corrected chi connectivity index (χ3v) is 3.29. The molecule has 12 heavy (non-hydrogen) atoms. The van der Waals surface area contributed by atoms with E-state index in [0.717, 1.165) is 12.3 Å². The highest BCUT2D eigenvalue weighted by Crippen LogP contribution is 2.24. The molecule has 2 nitrogen and oxygen atoms in total. The Hall–Kier alpha value is -0.320. The summed E-state index contributed by atoms with van der Waals surface area (Å²) in [6.45, 7) is 4.18. The van der Waals surface area contributed by atoms with Crippen LogP contribution in [0.1, 0.15) is 18.1 Å². The molecule has 1 rings (SSSR count). The van der Waals surface area contributed by atoms with Gasteiger partial charge in [-0.05, 0) is 41.5 Å². The van der Waals surface area contributed by atoms with Gasteiger partial charge in [0.25, 0.3) is 0 Å². The number of nitrogens with zero attached hydrogens (tertiary/aromatic N) is 1. The number of aryl methyl sites for hydroxylation is 1. The summed E-state index contributed by atoms with van der Waals surface area (Å²) in [5.41, 5.74) is 2.42. The molecule has 0 N–H and O–H groups in total. The van der Waals surface area contributed by atoms with Gasteiger partial charge in [-0.15, -0.1) is 0 Å². The molecule has 0 saturated heterocycles. The number of ether oxygens (including phenoxy) is 1. The Labute approximate surface area is 86.5 Å². The Morgan fingerprint density at radius 2 is 2.25 bits per heavy atom. The fourth-order valence-electron chi connectivity index (χ4n) is 1.10. The lowest BCUT2D eigenvalue weighted by Gasteiger charge is -2.08. The molecule has 0 radical (unpaired) electrons. The van der Waals surface area contributed by atoms with Crippen molar-refractivity contribution in [1.82, 2.24) is 4.98 Å². The van der Waals surface area contributed by atoms with Crippen LogP contribution >= 0.6 is 22.6 Å². The number of rotatable bonds is 2. The van der Waals surface area contributed by atoms with Gasteiger partial charge in [0.05, 0.1) is 7.11 Å². The van der Waals surface area contributed by atoms with Crippen molar-refractivity contribution >= 4 is 22.6 Å². The summed E-state index contributed by atoms with van der Waals surface area (Å²) in [6.07, 6.45) is 2.82. The second kappa shape index (κ2) is 4.07. The van der Waals surface area contributed by atoms with Gasteiger partial charge in [-0.2, -0.15) is 0 Å². The van der Waals surface area contributed by atoms with Gasteiger partial charge >= 0.3 is 0 Å². The molecule has 0 spiro atoms. The smallest absolute Gasteiger partial charge is 0.217 e. The lowest BCUT2D eigenvalue weighted by Crippen LogP contribution is -1.98. The van der Waals surface area contributed by atoms with Crippen LogP contribution in [0, 0.1) is 10.5 Å². The van der Waals surface area contributed by atoms with Crippen LogP contribution < -0.4 is 4.74 Å². The van der Waals surface area contributed by atoms with Crippen LogP contribution in [0.3, 0.4) is 0 Å². The van der Waals surface area contributed by atoms with Crippen LogP contribution in [0.4, 0.5) is 0 Å². The number of hydrogen-bond donors (Lipinski definition) is 0. The lowest BCUT2D eigenvalue weighted by atomic mass is 10.2. The van der Waals surface area contributed by atoms with Gasteiger partial charge in [-0.25, -0.2) is 4.98 Å². The van der Waals surface area contributed by atoms with Gasteiger partial charge in [-0.3, -0.25) is 0 Å². The van der Waals surface area contributed by atoms with E-state index in [2.05, 4.69) is 41.4 Å². The molecule has 0 aliphatic carbocycles. The predicted octanol–water partition coefficient (Wildman–Crippen LogP) is 2.57. The normalized spacial score (nSPS) is 10.0. The van der Waals surface area contributed by atoms with Crippen molar-refractivity contribution in [1.29, 1.82) is 0 Å². The van der Waals surface area contributed by atoms with E-state index in [1.54, 1.807) is 7.11 Å². The van der Waals surface area contributed by atoms with E-state index in [1.165, 1.54) is 14.7 Å². The van der Waals surface area contributed by atoms with Crippen molar-refractivity contribution in [3.8, 4) is 5.88 Å². The van der Waals surface area contributed by atoms with E-state index in [9.17, 15) is 0 Å². The van der Waals surface area contributed by atoms with Crippen LogP contribution in [-0.4, -0.2) is 12.1 Å². The molecule has 0 saturated carbocycles. The zero-order chi connectivity index (χ0) is 9.14. The highest BCUT2D eigenvalue weighted by molar-refractivity contribution is 14.1. The summed E-state index contributed by atoms with van der Waals surface area (Å²) >= 11 is 2.33. The van der Waals surface area contributed by atoms with E-state index in [0.29, 0.717) is 0 Å². The van der Waals surface area contributed by atoms with E-state index in [4.69, 9.17) is 4.74 Å². The Morgan fingerprint density at radius 1 is 1.58 bits per heavy atom. The second-order valence-electron chi connectivity index (χ2n) is 2.60. The molecule has 1 aromatic rings.